The summed E-state index contributed by atoms with van der Waals surface area (Å²) in [6.45, 7) is 2.85. The minimum absolute atomic E-state index is 0.173. The van der Waals surface area contributed by atoms with Crippen LogP contribution in [0.5, 0.6) is 11.5 Å². The van der Waals surface area contributed by atoms with E-state index in [9.17, 15) is 13.2 Å². The summed E-state index contributed by atoms with van der Waals surface area (Å²) in [5.41, 5.74) is 2.02. The van der Waals surface area contributed by atoms with E-state index in [4.69, 9.17) is 14.5 Å². The normalized spacial score (nSPS) is 11.7. The fourth-order valence-corrected chi connectivity index (χ4v) is 4.55. The number of sulfonamides is 1. The molecule has 1 aromatic heterocycles. The molecule has 0 unspecified atom stereocenters. The third-order valence-electron chi connectivity index (χ3n) is 5.57. The highest BCUT2D eigenvalue weighted by molar-refractivity contribution is 7.89. The maximum atomic E-state index is 12.7. The predicted octanol–water partition coefficient (Wildman–Crippen LogP) is 3.68. The zero-order valence-corrected chi connectivity index (χ0v) is 21.1. The highest BCUT2D eigenvalue weighted by atomic mass is 32.2. The lowest BCUT2D eigenvalue weighted by atomic mass is 10.2. The number of carbonyl (C=O) groups is 1. The average molecular weight is 489 g/mol. The number of aromatic nitrogens is 2. The molecule has 0 spiro atoms. The predicted molar refractivity (Wildman–Crippen MR) is 132 cm³/mol. The zero-order chi connectivity index (χ0) is 24.9. The molecule has 184 valence electrons. The largest absolute Gasteiger partial charge is 0.497 e. The van der Waals surface area contributed by atoms with E-state index in [0.29, 0.717) is 29.1 Å². The maximum Gasteiger partial charge on any atom is 0.242 e. The van der Waals surface area contributed by atoms with Crippen molar-refractivity contribution in [3.05, 3.63) is 42.2 Å². The Morgan fingerprint density at radius 2 is 1.88 bits per heavy atom. The smallest absolute Gasteiger partial charge is 0.242 e. The second-order valence-electron chi connectivity index (χ2n) is 8.09. The number of nitrogens with zero attached hydrogens (tertiary/aromatic N) is 3. The first kappa shape index (κ1) is 25.5. The van der Waals surface area contributed by atoms with Gasteiger partial charge in [-0.05, 0) is 36.8 Å². The molecule has 3 rings (SSSR count). The summed E-state index contributed by atoms with van der Waals surface area (Å²) < 4.78 is 38.9. The van der Waals surface area contributed by atoms with Crippen molar-refractivity contribution in [3.63, 3.8) is 0 Å². The number of anilines is 1. The summed E-state index contributed by atoms with van der Waals surface area (Å²) in [4.78, 5) is 17.6. The number of methoxy groups -OCH3 is 2. The molecule has 1 N–H and O–H groups in total. The first-order chi connectivity index (χ1) is 16.2. The molecule has 1 heterocycles. The average Bonchev–Trinajstić information content (AvgIpc) is 3.18. The van der Waals surface area contributed by atoms with Gasteiger partial charge < -0.3 is 19.4 Å². The molecule has 0 radical (unpaired) electrons. The van der Waals surface area contributed by atoms with Crippen LogP contribution in [-0.2, 0) is 27.8 Å². The standard InChI is InChI=1S/C24H32N4O5S/c1-6-7-14-28-21-11-9-18(34(30,31)27(2)3)16-20(21)25-23(28)12-13-24(29)26-19-10-8-17(32-4)15-22(19)33-5/h8-11,15-16H,6-7,12-14H2,1-5H3,(H,26,29). The second kappa shape index (κ2) is 10.9. The lowest BCUT2D eigenvalue weighted by Gasteiger charge is -2.12. The molecule has 0 aliphatic carbocycles. The number of fused-ring (bicyclic) bond motifs is 1. The lowest BCUT2D eigenvalue weighted by molar-refractivity contribution is -0.116. The molecule has 34 heavy (non-hydrogen) atoms. The van der Waals surface area contributed by atoms with Gasteiger partial charge in [0.2, 0.25) is 15.9 Å². The van der Waals surface area contributed by atoms with Gasteiger partial charge in [-0.2, -0.15) is 0 Å². The third kappa shape index (κ3) is 5.51. The molecule has 0 saturated carbocycles. The van der Waals surface area contributed by atoms with Crippen molar-refractivity contribution in [2.45, 2.75) is 44.0 Å². The van der Waals surface area contributed by atoms with Gasteiger partial charge in [0.15, 0.2) is 0 Å². The monoisotopic (exact) mass is 488 g/mol. The molecule has 10 heteroatoms. The van der Waals surface area contributed by atoms with Crippen LogP contribution in [0.15, 0.2) is 41.3 Å². The van der Waals surface area contributed by atoms with E-state index in [1.165, 1.54) is 25.5 Å². The van der Waals surface area contributed by atoms with Gasteiger partial charge in [-0.15, -0.1) is 0 Å². The van der Waals surface area contributed by atoms with E-state index in [1.54, 1.807) is 43.5 Å². The van der Waals surface area contributed by atoms with Gasteiger partial charge in [0.1, 0.15) is 17.3 Å². The molecule has 3 aromatic rings. The van der Waals surface area contributed by atoms with Gasteiger partial charge >= 0.3 is 0 Å². The number of hydrogen-bond acceptors (Lipinski definition) is 6. The maximum absolute atomic E-state index is 12.7. The summed E-state index contributed by atoms with van der Waals surface area (Å²) in [6, 6.07) is 10.2. The number of imidazole rings is 1. The number of benzene rings is 2. The van der Waals surface area contributed by atoms with Crippen LogP contribution in [0.2, 0.25) is 0 Å². The highest BCUT2D eigenvalue weighted by Crippen LogP contribution is 2.29. The molecular formula is C24H32N4O5S. The first-order valence-corrected chi connectivity index (χ1v) is 12.6. The van der Waals surface area contributed by atoms with E-state index in [-0.39, 0.29) is 17.2 Å². The van der Waals surface area contributed by atoms with Crippen LogP contribution in [0.3, 0.4) is 0 Å². The Labute approximate surface area is 200 Å². The number of amides is 1. The summed E-state index contributed by atoms with van der Waals surface area (Å²) in [7, 11) is 2.54. The molecular weight excluding hydrogens is 456 g/mol. The quantitative estimate of drug-likeness (QED) is 0.442. The zero-order valence-electron chi connectivity index (χ0n) is 20.3. The molecule has 0 aliphatic heterocycles. The van der Waals surface area contributed by atoms with E-state index in [2.05, 4.69) is 16.8 Å². The van der Waals surface area contributed by atoms with Crippen molar-refractivity contribution in [1.29, 1.82) is 0 Å². The van der Waals surface area contributed by atoms with E-state index in [1.807, 2.05) is 0 Å². The molecule has 0 fully saturated rings. The number of hydrogen-bond donors (Lipinski definition) is 1. The Morgan fingerprint density at radius 1 is 1.12 bits per heavy atom. The minimum atomic E-state index is -3.56. The Kier molecular flexibility index (Phi) is 8.16. The number of nitrogens with one attached hydrogen (secondary N) is 1. The van der Waals surface area contributed by atoms with Gasteiger partial charge in [0.05, 0.1) is 35.8 Å². The van der Waals surface area contributed by atoms with Crippen molar-refractivity contribution in [3.8, 4) is 11.5 Å². The van der Waals surface area contributed by atoms with Gasteiger partial charge in [-0.1, -0.05) is 13.3 Å². The molecule has 2 aromatic carbocycles. The van der Waals surface area contributed by atoms with Crippen molar-refractivity contribution in [2.24, 2.45) is 0 Å². The first-order valence-electron chi connectivity index (χ1n) is 11.1. The van der Waals surface area contributed by atoms with Crippen LogP contribution < -0.4 is 14.8 Å². The number of ether oxygens (including phenoxy) is 2. The fraction of sp³-hybridized carbons (Fsp3) is 0.417. The van der Waals surface area contributed by atoms with Crippen LogP contribution in [-0.4, -0.2) is 56.5 Å². The van der Waals surface area contributed by atoms with Crippen LogP contribution in [0.25, 0.3) is 11.0 Å². The molecule has 9 nitrogen and oxygen atoms in total. The van der Waals surface area contributed by atoms with Crippen LogP contribution in [0.1, 0.15) is 32.0 Å². The lowest BCUT2D eigenvalue weighted by Crippen LogP contribution is -2.22. The molecule has 0 aliphatic rings. The fourth-order valence-electron chi connectivity index (χ4n) is 3.63. The van der Waals surface area contributed by atoms with E-state index in [0.717, 1.165) is 30.7 Å². The van der Waals surface area contributed by atoms with Gasteiger partial charge in [0, 0.05) is 39.5 Å². The van der Waals surface area contributed by atoms with Gasteiger partial charge in [0.25, 0.3) is 0 Å². The van der Waals surface area contributed by atoms with Crippen molar-refractivity contribution < 1.29 is 22.7 Å². The Bertz CT molecular complexity index is 1270. The second-order valence-corrected chi connectivity index (χ2v) is 10.2. The van der Waals surface area contributed by atoms with E-state index < -0.39 is 10.0 Å². The minimum Gasteiger partial charge on any atom is -0.497 e. The van der Waals surface area contributed by atoms with Gasteiger partial charge in [-0.25, -0.2) is 17.7 Å². The number of rotatable bonds is 11. The summed E-state index contributed by atoms with van der Waals surface area (Å²) >= 11 is 0. The summed E-state index contributed by atoms with van der Waals surface area (Å²) in [5, 5.41) is 2.88. The van der Waals surface area contributed by atoms with E-state index >= 15 is 0 Å². The summed E-state index contributed by atoms with van der Waals surface area (Å²) in [6.07, 6.45) is 2.58. The molecule has 0 saturated heterocycles. The Balaban J connectivity index is 1.83. The Morgan fingerprint density at radius 3 is 2.53 bits per heavy atom. The number of carbonyl (C=O) groups excluding carboxylic acids is 1. The third-order valence-corrected chi connectivity index (χ3v) is 7.38. The van der Waals surface area contributed by atoms with Crippen molar-refractivity contribution >= 4 is 32.7 Å². The molecule has 1 amide bonds. The van der Waals surface area contributed by atoms with Crippen LogP contribution >= 0.6 is 0 Å². The molecule has 0 atom stereocenters. The van der Waals surface area contributed by atoms with Crippen LogP contribution in [0.4, 0.5) is 5.69 Å². The Hall–Kier alpha value is -3.11. The number of aryl methyl sites for hydroxylation is 2. The van der Waals surface area contributed by atoms with Crippen LogP contribution in [0, 0.1) is 0 Å². The van der Waals surface area contributed by atoms with Crippen molar-refractivity contribution in [2.75, 3.05) is 33.6 Å². The highest BCUT2D eigenvalue weighted by Gasteiger charge is 2.20. The SMILES string of the molecule is CCCCn1c(CCC(=O)Nc2ccc(OC)cc2OC)nc2cc(S(=O)(=O)N(C)C)ccc21. The molecule has 0 bridgehead atoms. The number of unbranched alkanes of at least 4 members (excludes halogenated alkanes) is 1. The van der Waals surface area contributed by atoms with Gasteiger partial charge in [-0.3, -0.25) is 4.79 Å². The van der Waals surface area contributed by atoms with Crippen molar-refractivity contribution in [1.82, 2.24) is 13.9 Å². The topological polar surface area (TPSA) is 103 Å². The summed E-state index contributed by atoms with van der Waals surface area (Å²) in [5.74, 6) is 1.72.